The minimum atomic E-state index is -3.15. The summed E-state index contributed by atoms with van der Waals surface area (Å²) in [4.78, 5) is 13.0. The number of sulfone groups is 1. The maximum atomic E-state index is 11.2. The first kappa shape index (κ1) is 12.7. The summed E-state index contributed by atoms with van der Waals surface area (Å²) in [5, 5.41) is 0. The lowest BCUT2D eigenvalue weighted by atomic mass is 10.3. The van der Waals surface area contributed by atoms with Gasteiger partial charge in [0.2, 0.25) is 0 Å². The van der Waals surface area contributed by atoms with Crippen LogP contribution < -0.4 is 4.90 Å². The summed E-state index contributed by atoms with van der Waals surface area (Å²) in [5.74, 6) is 0.0645. The Morgan fingerprint density at radius 3 is 2.12 bits per heavy atom. The summed E-state index contributed by atoms with van der Waals surface area (Å²) < 4.78 is 22.4. The lowest BCUT2D eigenvalue weighted by Crippen LogP contribution is -2.23. The van der Waals surface area contributed by atoms with Gasteiger partial charge in [-0.2, -0.15) is 0 Å². The van der Waals surface area contributed by atoms with Gasteiger partial charge in [-0.15, -0.1) is 0 Å². The van der Waals surface area contributed by atoms with E-state index in [1.807, 2.05) is 0 Å². The molecule has 0 unspecified atom stereocenters. The van der Waals surface area contributed by atoms with Gasteiger partial charge in [0.15, 0.2) is 9.84 Å². The highest BCUT2D eigenvalue weighted by atomic mass is 32.2. The van der Waals surface area contributed by atoms with Gasteiger partial charge in [-0.1, -0.05) is 0 Å². The second-order valence-corrected chi connectivity index (χ2v) is 5.84. The lowest BCUT2D eigenvalue weighted by molar-refractivity contribution is -0.115. The number of Topliss-reactive ketones (excluding diaryl/α,β-unsaturated/α-hetero) is 1. The van der Waals surface area contributed by atoms with Crippen molar-refractivity contribution in [1.82, 2.24) is 0 Å². The van der Waals surface area contributed by atoms with E-state index in [9.17, 15) is 13.2 Å². The summed E-state index contributed by atoms with van der Waals surface area (Å²) in [7, 11) is -1.37. The van der Waals surface area contributed by atoms with Gasteiger partial charge in [-0.3, -0.25) is 4.79 Å². The van der Waals surface area contributed by atoms with Crippen LogP contribution >= 0.6 is 0 Å². The molecule has 88 valence electrons. The van der Waals surface area contributed by atoms with E-state index in [2.05, 4.69) is 0 Å². The van der Waals surface area contributed by atoms with E-state index >= 15 is 0 Å². The van der Waals surface area contributed by atoms with Crippen LogP contribution in [0.15, 0.2) is 29.2 Å². The van der Waals surface area contributed by atoms with Crippen LogP contribution in [0, 0.1) is 0 Å². The molecule has 4 nitrogen and oxygen atoms in total. The van der Waals surface area contributed by atoms with Gasteiger partial charge in [0.1, 0.15) is 5.78 Å². The molecule has 1 aromatic rings. The van der Waals surface area contributed by atoms with Crippen molar-refractivity contribution in [2.75, 3.05) is 24.7 Å². The number of nitrogens with zero attached hydrogens (tertiary/aromatic N) is 1. The van der Waals surface area contributed by atoms with E-state index in [1.165, 1.54) is 13.2 Å². The highest BCUT2D eigenvalue weighted by molar-refractivity contribution is 7.90. The Balaban J connectivity index is 2.91. The number of hydrogen-bond donors (Lipinski definition) is 0. The fourth-order valence-electron chi connectivity index (χ4n) is 1.37. The quantitative estimate of drug-likeness (QED) is 0.792. The van der Waals surface area contributed by atoms with Gasteiger partial charge >= 0.3 is 0 Å². The standard InChI is InChI=1S/C11H15NO3S/c1-9(13)8-12(2)10-4-6-11(7-5-10)16(3,14)15/h4-7H,8H2,1-3H3. The largest absolute Gasteiger partial charge is 0.367 e. The summed E-state index contributed by atoms with van der Waals surface area (Å²) in [5.41, 5.74) is 0.822. The molecule has 0 aromatic heterocycles. The van der Waals surface area contributed by atoms with Crippen LogP contribution in [-0.2, 0) is 14.6 Å². The molecule has 0 spiro atoms. The zero-order chi connectivity index (χ0) is 12.3. The van der Waals surface area contributed by atoms with Crippen LogP contribution in [0.1, 0.15) is 6.92 Å². The number of rotatable bonds is 4. The summed E-state index contributed by atoms with van der Waals surface area (Å²) in [6.45, 7) is 1.83. The predicted octanol–water partition coefficient (Wildman–Crippen LogP) is 1.12. The van der Waals surface area contributed by atoms with Crippen molar-refractivity contribution >= 4 is 21.3 Å². The molecule has 0 amide bonds. The molecule has 16 heavy (non-hydrogen) atoms. The Morgan fingerprint density at radius 2 is 1.75 bits per heavy atom. The van der Waals surface area contributed by atoms with Gasteiger partial charge in [0, 0.05) is 19.0 Å². The van der Waals surface area contributed by atoms with Gasteiger partial charge in [-0.05, 0) is 31.2 Å². The van der Waals surface area contributed by atoms with Crippen LogP contribution in [0.5, 0.6) is 0 Å². The molecule has 0 aliphatic rings. The average Bonchev–Trinajstić information content (AvgIpc) is 2.15. The molecular weight excluding hydrogens is 226 g/mol. The van der Waals surface area contributed by atoms with E-state index in [-0.39, 0.29) is 10.7 Å². The molecular formula is C11H15NO3S. The van der Waals surface area contributed by atoms with E-state index in [0.29, 0.717) is 6.54 Å². The van der Waals surface area contributed by atoms with Crippen molar-refractivity contribution in [3.05, 3.63) is 24.3 Å². The molecule has 0 saturated carbocycles. The first-order chi connectivity index (χ1) is 7.30. The van der Waals surface area contributed by atoms with Crippen molar-refractivity contribution in [1.29, 1.82) is 0 Å². The lowest BCUT2D eigenvalue weighted by Gasteiger charge is -2.17. The van der Waals surface area contributed by atoms with Gasteiger partial charge in [0.25, 0.3) is 0 Å². The highest BCUT2D eigenvalue weighted by Gasteiger charge is 2.08. The van der Waals surface area contributed by atoms with Gasteiger partial charge < -0.3 is 4.90 Å². The predicted molar refractivity (Wildman–Crippen MR) is 63.5 cm³/mol. The number of carbonyl (C=O) groups is 1. The fourth-order valence-corrected chi connectivity index (χ4v) is 2.00. The molecule has 0 heterocycles. The van der Waals surface area contributed by atoms with E-state index in [1.54, 1.807) is 36.2 Å². The molecule has 0 aliphatic carbocycles. The fraction of sp³-hybridized carbons (Fsp3) is 0.364. The van der Waals surface area contributed by atoms with Crippen LogP contribution in [0.2, 0.25) is 0 Å². The first-order valence-corrected chi connectivity index (χ1v) is 6.70. The third-order valence-electron chi connectivity index (χ3n) is 2.17. The van der Waals surface area contributed by atoms with Crippen LogP contribution in [0.3, 0.4) is 0 Å². The Hall–Kier alpha value is -1.36. The number of ketones is 1. The molecule has 0 saturated heterocycles. The van der Waals surface area contributed by atoms with E-state index in [4.69, 9.17) is 0 Å². The average molecular weight is 241 g/mol. The van der Waals surface area contributed by atoms with E-state index in [0.717, 1.165) is 5.69 Å². The smallest absolute Gasteiger partial charge is 0.175 e. The second kappa shape index (κ2) is 4.65. The maximum absolute atomic E-state index is 11.2. The van der Waals surface area contributed by atoms with Crippen molar-refractivity contribution < 1.29 is 13.2 Å². The van der Waals surface area contributed by atoms with Crippen molar-refractivity contribution in [3.8, 4) is 0 Å². The Bertz CT molecular complexity index is 476. The maximum Gasteiger partial charge on any atom is 0.175 e. The topological polar surface area (TPSA) is 54.5 Å². The zero-order valence-corrected chi connectivity index (χ0v) is 10.4. The van der Waals surface area contributed by atoms with Gasteiger partial charge in [-0.25, -0.2) is 8.42 Å². The molecule has 0 fully saturated rings. The van der Waals surface area contributed by atoms with Crippen molar-refractivity contribution in [3.63, 3.8) is 0 Å². The Kier molecular flexibility index (Phi) is 3.70. The summed E-state index contributed by atoms with van der Waals surface area (Å²) >= 11 is 0. The number of benzene rings is 1. The van der Waals surface area contributed by atoms with Crippen LogP contribution in [-0.4, -0.2) is 34.0 Å². The SMILES string of the molecule is CC(=O)CN(C)c1ccc(S(C)(=O)=O)cc1. The minimum absolute atomic E-state index is 0.0645. The number of hydrogen-bond acceptors (Lipinski definition) is 4. The third kappa shape index (κ3) is 3.34. The molecule has 0 atom stereocenters. The minimum Gasteiger partial charge on any atom is -0.367 e. The highest BCUT2D eigenvalue weighted by Crippen LogP contribution is 2.16. The monoisotopic (exact) mass is 241 g/mol. The molecule has 1 aromatic carbocycles. The summed E-state index contributed by atoms with van der Waals surface area (Å²) in [6.07, 6.45) is 1.17. The third-order valence-corrected chi connectivity index (χ3v) is 3.29. The van der Waals surface area contributed by atoms with Gasteiger partial charge in [0.05, 0.1) is 11.4 Å². The molecule has 1 rings (SSSR count). The zero-order valence-electron chi connectivity index (χ0n) is 9.60. The van der Waals surface area contributed by atoms with Crippen molar-refractivity contribution in [2.24, 2.45) is 0 Å². The van der Waals surface area contributed by atoms with Crippen molar-refractivity contribution in [2.45, 2.75) is 11.8 Å². The van der Waals surface area contributed by atoms with Crippen LogP contribution in [0.4, 0.5) is 5.69 Å². The molecule has 0 radical (unpaired) electrons. The second-order valence-electron chi connectivity index (χ2n) is 3.82. The van der Waals surface area contributed by atoms with E-state index < -0.39 is 9.84 Å². The van der Waals surface area contributed by atoms with Crippen LogP contribution in [0.25, 0.3) is 0 Å². The first-order valence-electron chi connectivity index (χ1n) is 4.81. The molecule has 0 N–H and O–H groups in total. The number of carbonyl (C=O) groups excluding carboxylic acids is 1. The normalized spacial score (nSPS) is 11.2. The number of likely N-dealkylation sites (N-methyl/N-ethyl adjacent to an activating group) is 1. The molecule has 0 aliphatic heterocycles. The Labute approximate surface area is 95.8 Å². The molecule has 5 heteroatoms. The summed E-state index contributed by atoms with van der Waals surface area (Å²) in [6, 6.07) is 6.47. The number of anilines is 1. The molecule has 0 bridgehead atoms. The Morgan fingerprint density at radius 1 is 1.25 bits per heavy atom.